The van der Waals surface area contributed by atoms with E-state index in [-0.39, 0.29) is 17.2 Å². The Morgan fingerprint density at radius 1 is 1.15 bits per heavy atom. The van der Waals surface area contributed by atoms with Crippen molar-refractivity contribution in [2.24, 2.45) is 0 Å². The summed E-state index contributed by atoms with van der Waals surface area (Å²) in [5.74, 6) is -2.48. The molecular formula is C15H11ClF5N5. The first-order chi connectivity index (χ1) is 12.1. The van der Waals surface area contributed by atoms with Crippen LogP contribution in [0.5, 0.6) is 0 Å². The number of hydrogen-bond donors (Lipinski definition) is 1. The number of aromatic nitrogens is 4. The van der Waals surface area contributed by atoms with Crippen LogP contribution < -0.4 is 5.32 Å². The number of hydrogen-bond acceptors (Lipinski definition) is 4. The SMILES string of the molecule is Cc1cc(F)c(-c2c(Cl)nc3ncnn3c2N[C@@H](C)C(F)(F)F)c(F)c1. The van der Waals surface area contributed by atoms with Gasteiger partial charge in [0.25, 0.3) is 5.78 Å². The highest BCUT2D eigenvalue weighted by molar-refractivity contribution is 6.33. The third kappa shape index (κ3) is 3.16. The van der Waals surface area contributed by atoms with E-state index in [2.05, 4.69) is 20.4 Å². The van der Waals surface area contributed by atoms with Crippen molar-refractivity contribution in [1.29, 1.82) is 0 Å². The standard InChI is InChI=1S/C15H11ClF5N5/c1-6-3-8(17)10(9(18)4-6)11-12(16)25-14-22-5-23-26(14)13(11)24-7(2)15(19,20)21/h3-5,7,24H,1-2H3/t7-/m0/s1. The summed E-state index contributed by atoms with van der Waals surface area (Å²) in [6.45, 7) is 2.32. The predicted molar refractivity (Wildman–Crippen MR) is 85.0 cm³/mol. The molecule has 138 valence electrons. The van der Waals surface area contributed by atoms with Gasteiger partial charge in [0.15, 0.2) is 0 Å². The van der Waals surface area contributed by atoms with Crippen LogP contribution in [-0.4, -0.2) is 31.8 Å². The van der Waals surface area contributed by atoms with E-state index in [1.165, 1.54) is 6.92 Å². The number of benzene rings is 1. The second kappa shape index (κ2) is 6.35. The third-order valence-electron chi connectivity index (χ3n) is 3.66. The van der Waals surface area contributed by atoms with Gasteiger partial charge in [-0.1, -0.05) is 11.6 Å². The van der Waals surface area contributed by atoms with Crippen LogP contribution in [0.25, 0.3) is 16.9 Å². The fourth-order valence-corrected chi connectivity index (χ4v) is 2.66. The molecule has 11 heteroatoms. The molecule has 0 aliphatic heterocycles. The van der Waals surface area contributed by atoms with E-state index in [0.717, 1.165) is 29.9 Å². The molecule has 0 saturated heterocycles. The zero-order chi connectivity index (χ0) is 19.2. The number of rotatable bonds is 3. The van der Waals surface area contributed by atoms with Crippen LogP contribution in [0.15, 0.2) is 18.5 Å². The number of alkyl halides is 3. The zero-order valence-corrected chi connectivity index (χ0v) is 14.1. The molecule has 0 radical (unpaired) electrons. The van der Waals surface area contributed by atoms with Crippen molar-refractivity contribution < 1.29 is 22.0 Å². The minimum atomic E-state index is -4.62. The van der Waals surface area contributed by atoms with Crippen LogP contribution in [0.3, 0.4) is 0 Å². The first-order valence-corrected chi connectivity index (χ1v) is 7.66. The fraction of sp³-hybridized carbons (Fsp3) is 0.267. The van der Waals surface area contributed by atoms with Crippen LogP contribution in [0.1, 0.15) is 12.5 Å². The van der Waals surface area contributed by atoms with E-state index < -0.39 is 34.6 Å². The Bertz CT molecular complexity index is 961. The molecule has 0 spiro atoms. The van der Waals surface area contributed by atoms with Crippen molar-refractivity contribution in [3.05, 3.63) is 40.8 Å². The molecule has 1 atom stereocenters. The number of anilines is 1. The molecule has 0 amide bonds. The summed E-state index contributed by atoms with van der Waals surface area (Å²) in [5.41, 5.74) is -0.689. The molecule has 0 unspecified atom stereocenters. The Morgan fingerprint density at radius 2 is 1.77 bits per heavy atom. The Balaban J connectivity index is 2.32. The lowest BCUT2D eigenvalue weighted by molar-refractivity contribution is -0.138. The first kappa shape index (κ1) is 18.3. The lowest BCUT2D eigenvalue weighted by Crippen LogP contribution is -2.34. The Hall–Kier alpha value is -2.49. The lowest BCUT2D eigenvalue weighted by Gasteiger charge is -2.21. The van der Waals surface area contributed by atoms with Crippen molar-refractivity contribution in [3.8, 4) is 11.1 Å². The predicted octanol–water partition coefficient (Wildman–Crippen LogP) is 4.39. The molecule has 0 aliphatic rings. The van der Waals surface area contributed by atoms with Gasteiger partial charge in [-0.3, -0.25) is 0 Å². The van der Waals surface area contributed by atoms with E-state index in [9.17, 15) is 22.0 Å². The van der Waals surface area contributed by atoms with Gasteiger partial charge in [-0.05, 0) is 31.5 Å². The molecule has 2 aromatic heterocycles. The van der Waals surface area contributed by atoms with Crippen molar-refractivity contribution in [2.45, 2.75) is 26.1 Å². The summed E-state index contributed by atoms with van der Waals surface area (Å²) in [6.07, 6.45) is -3.59. The molecule has 0 aliphatic carbocycles. The van der Waals surface area contributed by atoms with Crippen molar-refractivity contribution >= 4 is 23.2 Å². The number of nitrogens with one attached hydrogen (secondary N) is 1. The molecular weight excluding hydrogens is 381 g/mol. The zero-order valence-electron chi connectivity index (χ0n) is 13.4. The highest BCUT2D eigenvalue weighted by Gasteiger charge is 2.37. The molecule has 26 heavy (non-hydrogen) atoms. The normalized spacial score (nSPS) is 13.2. The van der Waals surface area contributed by atoms with E-state index in [1.807, 2.05) is 0 Å². The molecule has 1 aromatic carbocycles. The van der Waals surface area contributed by atoms with Crippen LogP contribution in [0.4, 0.5) is 27.8 Å². The first-order valence-electron chi connectivity index (χ1n) is 7.28. The van der Waals surface area contributed by atoms with Gasteiger partial charge in [0.05, 0.1) is 11.1 Å². The molecule has 3 rings (SSSR count). The minimum absolute atomic E-state index is 0.122. The lowest BCUT2D eigenvalue weighted by atomic mass is 10.0. The van der Waals surface area contributed by atoms with Gasteiger partial charge in [-0.15, -0.1) is 0 Å². The topological polar surface area (TPSA) is 55.1 Å². The molecule has 0 fully saturated rings. The monoisotopic (exact) mass is 391 g/mol. The second-order valence-electron chi connectivity index (χ2n) is 5.61. The van der Waals surface area contributed by atoms with Crippen molar-refractivity contribution in [1.82, 2.24) is 19.6 Å². The van der Waals surface area contributed by atoms with Gasteiger partial charge < -0.3 is 5.32 Å². The molecule has 0 bridgehead atoms. The number of aryl methyl sites for hydroxylation is 1. The smallest absolute Gasteiger partial charge is 0.358 e. The van der Waals surface area contributed by atoms with Gasteiger partial charge >= 0.3 is 6.18 Å². The largest absolute Gasteiger partial charge is 0.408 e. The summed E-state index contributed by atoms with van der Waals surface area (Å²) >= 11 is 6.03. The summed E-state index contributed by atoms with van der Waals surface area (Å²) in [5, 5.41) is 5.52. The van der Waals surface area contributed by atoms with Crippen molar-refractivity contribution in [2.75, 3.05) is 5.32 Å². The Labute approximate surface area is 148 Å². The fourth-order valence-electron chi connectivity index (χ4n) is 2.40. The summed E-state index contributed by atoms with van der Waals surface area (Å²) in [7, 11) is 0. The summed E-state index contributed by atoms with van der Waals surface area (Å²) in [4.78, 5) is 7.60. The van der Waals surface area contributed by atoms with E-state index in [4.69, 9.17) is 11.6 Å². The third-order valence-corrected chi connectivity index (χ3v) is 3.94. The van der Waals surface area contributed by atoms with Crippen LogP contribution in [-0.2, 0) is 0 Å². The molecule has 2 heterocycles. The van der Waals surface area contributed by atoms with E-state index >= 15 is 0 Å². The maximum absolute atomic E-state index is 14.4. The van der Waals surface area contributed by atoms with Crippen LogP contribution in [0.2, 0.25) is 5.15 Å². The van der Waals surface area contributed by atoms with Gasteiger partial charge in [0.1, 0.15) is 35.0 Å². The highest BCUT2D eigenvalue weighted by Crippen LogP contribution is 2.38. The number of halogens is 6. The quantitative estimate of drug-likeness (QED) is 0.531. The van der Waals surface area contributed by atoms with Gasteiger partial charge in [0, 0.05) is 0 Å². The Morgan fingerprint density at radius 3 is 2.35 bits per heavy atom. The average molecular weight is 392 g/mol. The Kier molecular flexibility index (Phi) is 4.47. The molecule has 5 nitrogen and oxygen atoms in total. The summed E-state index contributed by atoms with van der Waals surface area (Å²) in [6, 6.07) is 0.0257. The minimum Gasteiger partial charge on any atom is -0.358 e. The van der Waals surface area contributed by atoms with Gasteiger partial charge in [-0.2, -0.15) is 32.8 Å². The average Bonchev–Trinajstić information content (AvgIpc) is 2.95. The molecule has 1 N–H and O–H groups in total. The number of nitrogens with zero attached hydrogens (tertiary/aromatic N) is 4. The maximum atomic E-state index is 14.4. The molecule has 0 saturated carbocycles. The molecule has 3 aromatic rings. The van der Waals surface area contributed by atoms with Crippen LogP contribution in [0, 0.1) is 18.6 Å². The van der Waals surface area contributed by atoms with E-state index in [0.29, 0.717) is 5.56 Å². The second-order valence-corrected chi connectivity index (χ2v) is 5.97. The van der Waals surface area contributed by atoms with Gasteiger partial charge in [-0.25, -0.2) is 8.78 Å². The van der Waals surface area contributed by atoms with E-state index in [1.54, 1.807) is 0 Å². The van der Waals surface area contributed by atoms with Crippen LogP contribution >= 0.6 is 11.6 Å². The summed E-state index contributed by atoms with van der Waals surface area (Å²) < 4.78 is 68.8. The maximum Gasteiger partial charge on any atom is 0.408 e. The van der Waals surface area contributed by atoms with Gasteiger partial charge in [0.2, 0.25) is 0 Å². The number of fused-ring (bicyclic) bond motifs is 1. The van der Waals surface area contributed by atoms with Crippen molar-refractivity contribution in [3.63, 3.8) is 0 Å². The highest BCUT2D eigenvalue weighted by atomic mass is 35.5.